The summed E-state index contributed by atoms with van der Waals surface area (Å²) >= 11 is 0. The fraction of sp³-hybridized carbons (Fsp3) is 0.357. The number of esters is 1. The first kappa shape index (κ1) is 14.8. The number of aryl methyl sites for hydroxylation is 2. The molecule has 112 valence electrons. The molecular weight excluding hydrogens is 274 g/mol. The van der Waals surface area contributed by atoms with Crippen molar-refractivity contribution in [3.63, 3.8) is 0 Å². The predicted octanol–water partition coefficient (Wildman–Crippen LogP) is 1.85. The molecule has 1 heterocycles. The molecule has 0 spiro atoms. The van der Waals surface area contributed by atoms with E-state index in [1.54, 1.807) is 13.0 Å². The van der Waals surface area contributed by atoms with Crippen LogP contribution in [0.3, 0.4) is 0 Å². The summed E-state index contributed by atoms with van der Waals surface area (Å²) in [5, 5.41) is 6.93. The molecule has 0 aliphatic heterocycles. The van der Waals surface area contributed by atoms with Gasteiger partial charge < -0.3 is 19.3 Å². The van der Waals surface area contributed by atoms with Crippen LogP contribution in [0.5, 0.6) is 5.75 Å². The first-order valence-corrected chi connectivity index (χ1v) is 6.42. The lowest BCUT2D eigenvalue weighted by Crippen LogP contribution is -2.12. The molecule has 7 nitrogen and oxygen atoms in total. The molecule has 0 unspecified atom stereocenters. The number of carbonyl (C=O) groups excluding carboxylic acids is 1. The number of hydrogen-bond acceptors (Lipinski definition) is 7. The predicted molar refractivity (Wildman–Crippen MR) is 75.1 cm³/mol. The summed E-state index contributed by atoms with van der Waals surface area (Å²) in [6.07, 6.45) is 0. The van der Waals surface area contributed by atoms with E-state index in [4.69, 9.17) is 9.26 Å². The number of rotatable bonds is 6. The van der Waals surface area contributed by atoms with Crippen LogP contribution in [0, 0.1) is 13.8 Å². The van der Waals surface area contributed by atoms with Gasteiger partial charge in [-0.15, -0.1) is 0 Å². The van der Waals surface area contributed by atoms with Crippen LogP contribution in [0.1, 0.15) is 17.3 Å². The largest absolute Gasteiger partial charge is 0.482 e. The summed E-state index contributed by atoms with van der Waals surface area (Å²) in [5.41, 5.74) is 1.91. The van der Waals surface area contributed by atoms with Crippen molar-refractivity contribution in [1.82, 2.24) is 10.1 Å². The topological polar surface area (TPSA) is 86.5 Å². The minimum absolute atomic E-state index is 0.107. The Morgan fingerprint density at radius 3 is 2.81 bits per heavy atom. The molecule has 7 heteroatoms. The van der Waals surface area contributed by atoms with Crippen LogP contribution in [0.4, 0.5) is 5.69 Å². The zero-order valence-corrected chi connectivity index (χ0v) is 12.2. The molecule has 1 aromatic heterocycles. The van der Waals surface area contributed by atoms with E-state index in [9.17, 15) is 4.79 Å². The van der Waals surface area contributed by atoms with E-state index >= 15 is 0 Å². The van der Waals surface area contributed by atoms with E-state index in [0.717, 1.165) is 11.3 Å². The summed E-state index contributed by atoms with van der Waals surface area (Å²) in [7, 11) is 1.32. The number of ether oxygens (including phenoxy) is 2. The molecule has 0 fully saturated rings. The van der Waals surface area contributed by atoms with E-state index < -0.39 is 5.97 Å². The number of aromatic nitrogens is 2. The lowest BCUT2D eigenvalue weighted by Gasteiger charge is -2.10. The smallest absolute Gasteiger partial charge is 0.343 e. The Labute approximate surface area is 122 Å². The minimum Gasteiger partial charge on any atom is -0.482 e. The summed E-state index contributed by atoms with van der Waals surface area (Å²) in [6.45, 7) is 4.05. The van der Waals surface area contributed by atoms with Gasteiger partial charge in [-0.05, 0) is 37.6 Å². The Bertz CT molecular complexity index is 624. The zero-order chi connectivity index (χ0) is 15.2. The van der Waals surface area contributed by atoms with Gasteiger partial charge >= 0.3 is 5.97 Å². The maximum absolute atomic E-state index is 11.0. The first-order valence-electron chi connectivity index (χ1n) is 6.42. The number of nitrogens with zero attached hydrogens (tertiary/aromatic N) is 2. The Hall–Kier alpha value is -2.57. The van der Waals surface area contributed by atoms with Crippen LogP contribution < -0.4 is 10.1 Å². The molecule has 0 saturated heterocycles. The van der Waals surface area contributed by atoms with Crippen molar-refractivity contribution in [2.45, 2.75) is 20.4 Å². The number of anilines is 1. The molecule has 0 saturated carbocycles. The number of nitrogens with one attached hydrogen (secondary N) is 1. The van der Waals surface area contributed by atoms with Gasteiger partial charge in [0.25, 0.3) is 0 Å². The molecule has 0 radical (unpaired) electrons. The molecule has 2 rings (SSSR count). The molecule has 0 aliphatic rings. The van der Waals surface area contributed by atoms with Gasteiger partial charge in [0.05, 0.1) is 13.7 Å². The van der Waals surface area contributed by atoms with Crippen LogP contribution in [-0.4, -0.2) is 29.8 Å². The van der Waals surface area contributed by atoms with Gasteiger partial charge in [0, 0.05) is 5.69 Å². The van der Waals surface area contributed by atoms with Crippen molar-refractivity contribution >= 4 is 11.7 Å². The summed E-state index contributed by atoms with van der Waals surface area (Å²) in [5.74, 6) is 1.33. The summed E-state index contributed by atoms with van der Waals surface area (Å²) in [4.78, 5) is 15.1. The molecule has 0 aliphatic carbocycles. The van der Waals surface area contributed by atoms with Crippen molar-refractivity contribution in [3.05, 3.63) is 35.5 Å². The van der Waals surface area contributed by atoms with Gasteiger partial charge in [-0.3, -0.25) is 0 Å². The summed E-state index contributed by atoms with van der Waals surface area (Å²) in [6, 6.07) is 5.48. The van der Waals surface area contributed by atoms with E-state index in [-0.39, 0.29) is 6.61 Å². The van der Waals surface area contributed by atoms with Crippen molar-refractivity contribution in [2.24, 2.45) is 0 Å². The number of methoxy groups -OCH3 is 1. The van der Waals surface area contributed by atoms with Crippen molar-refractivity contribution in [3.8, 4) is 5.75 Å². The third-order valence-electron chi connectivity index (χ3n) is 2.78. The second-order valence-corrected chi connectivity index (χ2v) is 4.43. The van der Waals surface area contributed by atoms with Gasteiger partial charge in [0.1, 0.15) is 5.75 Å². The third kappa shape index (κ3) is 4.20. The fourth-order valence-corrected chi connectivity index (χ4v) is 1.71. The SMILES string of the molecule is COC(=O)COc1ccc(NCc2nc(C)no2)c(C)c1. The lowest BCUT2D eigenvalue weighted by molar-refractivity contribution is -0.142. The quantitative estimate of drug-likeness (QED) is 0.813. The molecule has 0 bridgehead atoms. The molecule has 0 amide bonds. The van der Waals surface area contributed by atoms with Crippen molar-refractivity contribution in [2.75, 3.05) is 19.0 Å². The molecule has 1 aromatic carbocycles. The van der Waals surface area contributed by atoms with Gasteiger partial charge in [0.2, 0.25) is 5.89 Å². The zero-order valence-electron chi connectivity index (χ0n) is 12.2. The summed E-state index contributed by atoms with van der Waals surface area (Å²) < 4.78 is 14.9. The maximum atomic E-state index is 11.0. The van der Waals surface area contributed by atoms with Gasteiger partial charge in [-0.25, -0.2) is 4.79 Å². The first-order chi connectivity index (χ1) is 10.1. The van der Waals surface area contributed by atoms with Crippen LogP contribution >= 0.6 is 0 Å². The second kappa shape index (κ2) is 6.74. The van der Waals surface area contributed by atoms with E-state index in [2.05, 4.69) is 20.2 Å². The number of hydrogen-bond donors (Lipinski definition) is 1. The molecular formula is C14H17N3O4. The Kier molecular flexibility index (Phi) is 4.76. The van der Waals surface area contributed by atoms with E-state index in [1.165, 1.54) is 7.11 Å². The Morgan fingerprint density at radius 2 is 2.19 bits per heavy atom. The Morgan fingerprint density at radius 1 is 1.38 bits per heavy atom. The third-order valence-corrected chi connectivity index (χ3v) is 2.78. The number of carbonyl (C=O) groups is 1. The van der Waals surface area contributed by atoms with Crippen molar-refractivity contribution < 1.29 is 18.8 Å². The molecule has 0 atom stereocenters. The molecule has 2 aromatic rings. The van der Waals surface area contributed by atoms with Crippen LogP contribution in [-0.2, 0) is 16.1 Å². The maximum Gasteiger partial charge on any atom is 0.343 e. The normalized spacial score (nSPS) is 10.2. The fourth-order valence-electron chi connectivity index (χ4n) is 1.71. The molecule has 21 heavy (non-hydrogen) atoms. The highest BCUT2D eigenvalue weighted by Crippen LogP contribution is 2.21. The van der Waals surface area contributed by atoms with Gasteiger partial charge in [-0.2, -0.15) is 4.98 Å². The highest BCUT2D eigenvalue weighted by molar-refractivity contribution is 5.71. The van der Waals surface area contributed by atoms with Gasteiger partial charge in [0.15, 0.2) is 12.4 Å². The Balaban J connectivity index is 1.94. The second-order valence-electron chi connectivity index (χ2n) is 4.43. The van der Waals surface area contributed by atoms with Crippen molar-refractivity contribution in [1.29, 1.82) is 0 Å². The lowest BCUT2D eigenvalue weighted by atomic mass is 10.2. The monoisotopic (exact) mass is 291 g/mol. The highest BCUT2D eigenvalue weighted by Gasteiger charge is 2.06. The van der Waals surface area contributed by atoms with Crippen LogP contribution in [0.15, 0.2) is 22.7 Å². The van der Waals surface area contributed by atoms with E-state index in [1.807, 2.05) is 19.1 Å². The standard InChI is InChI=1S/C14H17N3O4/c1-9-6-11(20-8-14(18)19-3)4-5-12(9)15-7-13-16-10(2)17-21-13/h4-6,15H,7-8H2,1-3H3. The van der Waals surface area contributed by atoms with Gasteiger partial charge in [-0.1, -0.05) is 5.16 Å². The molecule has 1 N–H and O–H groups in total. The average Bonchev–Trinajstić information content (AvgIpc) is 2.89. The number of benzene rings is 1. The van der Waals surface area contributed by atoms with Crippen LogP contribution in [0.25, 0.3) is 0 Å². The minimum atomic E-state index is -0.415. The van der Waals surface area contributed by atoms with Crippen LogP contribution in [0.2, 0.25) is 0 Å². The average molecular weight is 291 g/mol. The highest BCUT2D eigenvalue weighted by atomic mass is 16.6. The van der Waals surface area contributed by atoms with E-state index in [0.29, 0.717) is 24.0 Å².